The number of piperidine rings is 1. The lowest BCUT2D eigenvalue weighted by atomic mass is 9.83. The highest BCUT2D eigenvalue weighted by molar-refractivity contribution is 4.93. The Morgan fingerprint density at radius 2 is 1.93 bits per heavy atom. The lowest BCUT2D eigenvalue weighted by molar-refractivity contribution is 0.217. The molecule has 0 bridgehead atoms. The highest BCUT2D eigenvalue weighted by Crippen LogP contribution is 2.30. The smallest absolute Gasteiger partial charge is 0.0194 e. The van der Waals surface area contributed by atoms with Crippen LogP contribution < -0.4 is 5.32 Å². The van der Waals surface area contributed by atoms with Gasteiger partial charge in [-0.05, 0) is 58.3 Å². The molecule has 0 radical (unpaired) electrons. The van der Waals surface area contributed by atoms with Crippen LogP contribution in [-0.2, 0) is 0 Å². The van der Waals surface area contributed by atoms with Crippen LogP contribution in [0.25, 0.3) is 0 Å². The topological polar surface area (TPSA) is 15.3 Å². The van der Waals surface area contributed by atoms with Gasteiger partial charge >= 0.3 is 0 Å². The molecular formula is C12H24N2. The summed E-state index contributed by atoms with van der Waals surface area (Å²) in [6, 6.07) is 0. The molecule has 0 aromatic heterocycles. The predicted octanol–water partition coefficient (Wildman–Crippen LogP) is 2.00. The quantitative estimate of drug-likeness (QED) is 0.690. The van der Waals surface area contributed by atoms with E-state index in [0.29, 0.717) is 5.54 Å². The zero-order valence-electron chi connectivity index (χ0n) is 9.52. The van der Waals surface area contributed by atoms with Gasteiger partial charge in [-0.25, -0.2) is 0 Å². The Labute approximate surface area is 88.1 Å². The molecule has 0 amide bonds. The van der Waals surface area contributed by atoms with Gasteiger partial charge in [-0.1, -0.05) is 13.3 Å². The van der Waals surface area contributed by atoms with Crippen molar-refractivity contribution in [2.75, 3.05) is 26.2 Å². The molecule has 1 unspecified atom stereocenters. The van der Waals surface area contributed by atoms with Crippen LogP contribution in [0, 0.1) is 0 Å². The van der Waals surface area contributed by atoms with Crippen molar-refractivity contribution in [1.29, 1.82) is 0 Å². The SMILES string of the molecule is CCN1CCCC2(CCCCN2)CC1. The summed E-state index contributed by atoms with van der Waals surface area (Å²) in [4.78, 5) is 2.60. The van der Waals surface area contributed by atoms with E-state index >= 15 is 0 Å². The van der Waals surface area contributed by atoms with Crippen molar-refractivity contribution in [2.24, 2.45) is 0 Å². The summed E-state index contributed by atoms with van der Waals surface area (Å²) in [6.07, 6.45) is 8.42. The summed E-state index contributed by atoms with van der Waals surface area (Å²) >= 11 is 0. The van der Waals surface area contributed by atoms with E-state index in [2.05, 4.69) is 17.1 Å². The van der Waals surface area contributed by atoms with E-state index < -0.39 is 0 Å². The Morgan fingerprint density at radius 3 is 2.64 bits per heavy atom. The van der Waals surface area contributed by atoms with Gasteiger partial charge < -0.3 is 10.2 Å². The second-order valence-corrected chi connectivity index (χ2v) is 4.95. The molecule has 0 aliphatic carbocycles. The maximum atomic E-state index is 3.79. The molecule has 1 atom stereocenters. The molecule has 0 aromatic carbocycles. The van der Waals surface area contributed by atoms with Crippen LogP contribution in [0.15, 0.2) is 0 Å². The average molecular weight is 196 g/mol. The van der Waals surface area contributed by atoms with Gasteiger partial charge in [0.15, 0.2) is 0 Å². The second-order valence-electron chi connectivity index (χ2n) is 4.95. The predicted molar refractivity (Wildman–Crippen MR) is 60.5 cm³/mol. The summed E-state index contributed by atoms with van der Waals surface area (Å²) in [6.45, 7) is 7.40. The Morgan fingerprint density at radius 1 is 1.07 bits per heavy atom. The van der Waals surface area contributed by atoms with Gasteiger partial charge in [0.1, 0.15) is 0 Å². The van der Waals surface area contributed by atoms with Crippen LogP contribution in [0.3, 0.4) is 0 Å². The monoisotopic (exact) mass is 196 g/mol. The molecule has 1 spiro atoms. The lowest BCUT2D eigenvalue weighted by Crippen LogP contribution is -2.48. The molecule has 2 aliphatic rings. The maximum Gasteiger partial charge on any atom is 0.0194 e. The van der Waals surface area contributed by atoms with Crippen molar-refractivity contribution in [3.05, 3.63) is 0 Å². The van der Waals surface area contributed by atoms with E-state index in [1.54, 1.807) is 0 Å². The fourth-order valence-electron chi connectivity index (χ4n) is 3.02. The Kier molecular flexibility index (Phi) is 3.45. The van der Waals surface area contributed by atoms with Gasteiger partial charge in [0, 0.05) is 5.54 Å². The fraction of sp³-hybridized carbons (Fsp3) is 1.00. The number of rotatable bonds is 1. The van der Waals surface area contributed by atoms with Gasteiger partial charge in [0.25, 0.3) is 0 Å². The molecule has 2 fully saturated rings. The van der Waals surface area contributed by atoms with Crippen molar-refractivity contribution < 1.29 is 0 Å². The van der Waals surface area contributed by atoms with E-state index in [0.717, 1.165) is 0 Å². The zero-order chi connectivity index (χ0) is 9.86. The van der Waals surface area contributed by atoms with Gasteiger partial charge in [0.2, 0.25) is 0 Å². The van der Waals surface area contributed by atoms with Crippen LogP contribution in [-0.4, -0.2) is 36.6 Å². The van der Waals surface area contributed by atoms with E-state index in [4.69, 9.17) is 0 Å². The molecule has 2 nitrogen and oxygen atoms in total. The summed E-state index contributed by atoms with van der Waals surface area (Å²) in [5, 5.41) is 3.79. The third kappa shape index (κ3) is 2.29. The first-order valence-electron chi connectivity index (χ1n) is 6.32. The van der Waals surface area contributed by atoms with Crippen LogP contribution in [0.4, 0.5) is 0 Å². The molecule has 2 heterocycles. The van der Waals surface area contributed by atoms with Crippen LogP contribution in [0.2, 0.25) is 0 Å². The largest absolute Gasteiger partial charge is 0.311 e. The highest BCUT2D eigenvalue weighted by Gasteiger charge is 2.32. The van der Waals surface area contributed by atoms with Gasteiger partial charge in [-0.2, -0.15) is 0 Å². The van der Waals surface area contributed by atoms with Crippen LogP contribution in [0.5, 0.6) is 0 Å². The van der Waals surface area contributed by atoms with Crippen LogP contribution >= 0.6 is 0 Å². The van der Waals surface area contributed by atoms with Crippen molar-refractivity contribution in [2.45, 2.75) is 51.0 Å². The standard InChI is InChI=1S/C12H24N2/c1-2-14-10-5-7-12(8-11-14)6-3-4-9-13-12/h13H,2-11H2,1H3. The van der Waals surface area contributed by atoms with Crippen molar-refractivity contribution in [1.82, 2.24) is 10.2 Å². The van der Waals surface area contributed by atoms with E-state index in [-0.39, 0.29) is 0 Å². The van der Waals surface area contributed by atoms with Crippen LogP contribution in [0.1, 0.15) is 45.4 Å². The van der Waals surface area contributed by atoms with E-state index in [1.807, 2.05) is 0 Å². The molecule has 2 saturated heterocycles. The fourth-order valence-corrected chi connectivity index (χ4v) is 3.02. The molecule has 0 saturated carbocycles. The Bertz CT molecular complexity index is 173. The van der Waals surface area contributed by atoms with Gasteiger partial charge in [0.05, 0.1) is 0 Å². The summed E-state index contributed by atoms with van der Waals surface area (Å²) in [5.74, 6) is 0. The Balaban J connectivity index is 1.92. The Hall–Kier alpha value is -0.0800. The minimum Gasteiger partial charge on any atom is -0.311 e. The second kappa shape index (κ2) is 4.63. The molecule has 2 heteroatoms. The first-order valence-corrected chi connectivity index (χ1v) is 6.32. The summed E-state index contributed by atoms with van der Waals surface area (Å²) in [5.41, 5.74) is 0.530. The number of hydrogen-bond acceptors (Lipinski definition) is 2. The van der Waals surface area contributed by atoms with E-state index in [9.17, 15) is 0 Å². The molecular weight excluding hydrogens is 172 g/mol. The number of likely N-dealkylation sites (tertiary alicyclic amines) is 1. The first kappa shape index (κ1) is 10.4. The maximum absolute atomic E-state index is 3.79. The van der Waals surface area contributed by atoms with Crippen molar-refractivity contribution in [3.8, 4) is 0 Å². The third-order valence-corrected chi connectivity index (χ3v) is 4.07. The van der Waals surface area contributed by atoms with Crippen molar-refractivity contribution in [3.63, 3.8) is 0 Å². The molecule has 14 heavy (non-hydrogen) atoms. The number of nitrogens with one attached hydrogen (secondary N) is 1. The highest BCUT2D eigenvalue weighted by atomic mass is 15.1. The molecule has 82 valence electrons. The average Bonchev–Trinajstić information content (AvgIpc) is 2.42. The molecule has 0 aromatic rings. The minimum atomic E-state index is 0.530. The summed E-state index contributed by atoms with van der Waals surface area (Å²) in [7, 11) is 0. The zero-order valence-corrected chi connectivity index (χ0v) is 9.52. The minimum absolute atomic E-state index is 0.530. The number of hydrogen-bond donors (Lipinski definition) is 1. The van der Waals surface area contributed by atoms with Gasteiger partial charge in [-0.15, -0.1) is 0 Å². The number of nitrogens with zero attached hydrogens (tertiary/aromatic N) is 1. The van der Waals surface area contributed by atoms with Crippen molar-refractivity contribution >= 4 is 0 Å². The molecule has 1 N–H and O–H groups in total. The molecule has 2 rings (SSSR count). The van der Waals surface area contributed by atoms with E-state index in [1.165, 1.54) is 64.7 Å². The normalized spacial score (nSPS) is 35.8. The molecule has 2 aliphatic heterocycles. The third-order valence-electron chi connectivity index (χ3n) is 4.07. The van der Waals surface area contributed by atoms with Gasteiger partial charge in [-0.3, -0.25) is 0 Å². The lowest BCUT2D eigenvalue weighted by Gasteiger charge is -2.38. The summed E-state index contributed by atoms with van der Waals surface area (Å²) < 4.78 is 0. The first-order chi connectivity index (χ1) is 6.85.